The zero-order valence-electron chi connectivity index (χ0n) is 12.2. The molecule has 1 heterocycles. The summed E-state index contributed by atoms with van der Waals surface area (Å²) in [6.45, 7) is 2.77. The van der Waals surface area contributed by atoms with Gasteiger partial charge in [0.05, 0.1) is 0 Å². The highest BCUT2D eigenvalue weighted by molar-refractivity contribution is 6.40. The summed E-state index contributed by atoms with van der Waals surface area (Å²) < 4.78 is 0. The van der Waals surface area contributed by atoms with E-state index in [9.17, 15) is 9.59 Å². The standard InChI is InChI=1S/C16H22N2O2/c1-3-13-9-7-8-12-18(13)16(20)15(19)17(2)14-10-5-4-6-11-14/h4-6,10-11,13H,3,7-9,12H2,1-2H3. The van der Waals surface area contributed by atoms with Crippen molar-refractivity contribution in [3.05, 3.63) is 30.3 Å². The van der Waals surface area contributed by atoms with E-state index in [2.05, 4.69) is 6.92 Å². The molecule has 1 aromatic rings. The molecule has 1 fully saturated rings. The molecule has 0 aromatic heterocycles. The number of rotatable bonds is 2. The van der Waals surface area contributed by atoms with E-state index in [4.69, 9.17) is 0 Å². The monoisotopic (exact) mass is 274 g/mol. The first-order chi connectivity index (χ1) is 9.65. The van der Waals surface area contributed by atoms with Crippen LogP contribution in [0.15, 0.2) is 30.3 Å². The molecule has 1 unspecified atom stereocenters. The van der Waals surface area contributed by atoms with Gasteiger partial charge in [0.1, 0.15) is 0 Å². The highest BCUT2D eigenvalue weighted by atomic mass is 16.2. The van der Waals surface area contributed by atoms with Crippen LogP contribution in [0, 0.1) is 0 Å². The van der Waals surface area contributed by atoms with Crippen molar-refractivity contribution in [2.45, 2.75) is 38.6 Å². The van der Waals surface area contributed by atoms with Gasteiger partial charge in [-0.3, -0.25) is 9.59 Å². The molecule has 4 nitrogen and oxygen atoms in total. The number of likely N-dealkylation sites (tertiary alicyclic amines) is 1. The zero-order valence-corrected chi connectivity index (χ0v) is 12.2. The van der Waals surface area contributed by atoms with Gasteiger partial charge in [-0.25, -0.2) is 0 Å². The van der Waals surface area contributed by atoms with Crippen LogP contribution < -0.4 is 4.90 Å². The second kappa shape index (κ2) is 6.55. The van der Waals surface area contributed by atoms with E-state index in [-0.39, 0.29) is 11.9 Å². The Bertz CT molecular complexity index is 473. The van der Waals surface area contributed by atoms with Crippen LogP contribution in [-0.4, -0.2) is 36.3 Å². The third kappa shape index (κ3) is 3.00. The van der Waals surface area contributed by atoms with Gasteiger partial charge in [-0.2, -0.15) is 0 Å². The molecule has 1 aromatic carbocycles. The molecule has 2 rings (SSSR count). The molecule has 0 N–H and O–H groups in total. The van der Waals surface area contributed by atoms with Crippen LogP contribution in [0.1, 0.15) is 32.6 Å². The smallest absolute Gasteiger partial charge is 0.316 e. The number of piperidine rings is 1. The summed E-state index contributed by atoms with van der Waals surface area (Å²) >= 11 is 0. The van der Waals surface area contributed by atoms with E-state index >= 15 is 0 Å². The second-order valence-electron chi connectivity index (χ2n) is 5.26. The van der Waals surface area contributed by atoms with Crippen molar-refractivity contribution in [3.63, 3.8) is 0 Å². The first-order valence-electron chi connectivity index (χ1n) is 7.28. The predicted molar refractivity (Wildman–Crippen MR) is 79.5 cm³/mol. The molecule has 1 atom stereocenters. The van der Waals surface area contributed by atoms with E-state index in [1.165, 1.54) is 4.90 Å². The Hall–Kier alpha value is -1.84. The number of carbonyl (C=O) groups is 2. The number of likely N-dealkylation sites (N-methyl/N-ethyl adjacent to an activating group) is 1. The highest BCUT2D eigenvalue weighted by Crippen LogP contribution is 2.21. The number of amides is 2. The lowest BCUT2D eigenvalue weighted by Crippen LogP contribution is -2.50. The summed E-state index contributed by atoms with van der Waals surface area (Å²) in [4.78, 5) is 27.9. The molecule has 0 bridgehead atoms. The Morgan fingerprint density at radius 2 is 1.95 bits per heavy atom. The van der Waals surface area contributed by atoms with Gasteiger partial charge in [0, 0.05) is 25.3 Å². The topological polar surface area (TPSA) is 40.6 Å². The van der Waals surface area contributed by atoms with E-state index < -0.39 is 5.91 Å². The maximum atomic E-state index is 12.4. The Labute approximate surface area is 120 Å². The van der Waals surface area contributed by atoms with Crippen molar-refractivity contribution in [2.75, 3.05) is 18.5 Å². The fourth-order valence-corrected chi connectivity index (χ4v) is 2.73. The van der Waals surface area contributed by atoms with Crippen molar-refractivity contribution < 1.29 is 9.59 Å². The van der Waals surface area contributed by atoms with Crippen LogP contribution in [-0.2, 0) is 9.59 Å². The number of benzene rings is 1. The average Bonchev–Trinajstić information content (AvgIpc) is 2.53. The van der Waals surface area contributed by atoms with Gasteiger partial charge in [-0.15, -0.1) is 0 Å². The molecule has 0 radical (unpaired) electrons. The van der Waals surface area contributed by atoms with Crippen LogP contribution in [0.4, 0.5) is 5.69 Å². The Morgan fingerprint density at radius 1 is 1.25 bits per heavy atom. The molecule has 0 aliphatic carbocycles. The third-order valence-corrected chi connectivity index (χ3v) is 3.99. The van der Waals surface area contributed by atoms with Gasteiger partial charge in [-0.1, -0.05) is 25.1 Å². The molecule has 0 saturated carbocycles. The van der Waals surface area contributed by atoms with Gasteiger partial charge in [0.2, 0.25) is 0 Å². The average molecular weight is 274 g/mol. The van der Waals surface area contributed by atoms with Gasteiger partial charge in [-0.05, 0) is 37.8 Å². The molecule has 1 saturated heterocycles. The molecule has 2 amide bonds. The molecule has 4 heteroatoms. The fraction of sp³-hybridized carbons (Fsp3) is 0.500. The lowest BCUT2D eigenvalue weighted by molar-refractivity contribution is -0.146. The third-order valence-electron chi connectivity index (χ3n) is 3.99. The number of anilines is 1. The lowest BCUT2D eigenvalue weighted by atomic mass is 10.00. The van der Waals surface area contributed by atoms with Crippen molar-refractivity contribution in [1.29, 1.82) is 0 Å². The predicted octanol–water partition coefficient (Wildman–Crippen LogP) is 2.44. The minimum absolute atomic E-state index is 0.212. The molecular weight excluding hydrogens is 252 g/mol. The van der Waals surface area contributed by atoms with Crippen LogP contribution in [0.2, 0.25) is 0 Å². The normalized spacial score (nSPS) is 18.7. The van der Waals surface area contributed by atoms with Crippen molar-refractivity contribution in [3.8, 4) is 0 Å². The van der Waals surface area contributed by atoms with Gasteiger partial charge in [0.15, 0.2) is 0 Å². The second-order valence-corrected chi connectivity index (χ2v) is 5.26. The fourth-order valence-electron chi connectivity index (χ4n) is 2.73. The number of hydrogen-bond acceptors (Lipinski definition) is 2. The summed E-state index contributed by atoms with van der Waals surface area (Å²) in [7, 11) is 1.65. The van der Waals surface area contributed by atoms with Crippen LogP contribution in [0.3, 0.4) is 0 Å². The summed E-state index contributed by atoms with van der Waals surface area (Å²) in [5, 5.41) is 0. The minimum atomic E-state index is -0.448. The van der Waals surface area contributed by atoms with Crippen LogP contribution in [0.25, 0.3) is 0 Å². The maximum absolute atomic E-state index is 12.4. The summed E-state index contributed by atoms with van der Waals surface area (Å²) in [6.07, 6.45) is 4.05. The Kier molecular flexibility index (Phi) is 4.77. The van der Waals surface area contributed by atoms with E-state index in [1.54, 1.807) is 11.9 Å². The van der Waals surface area contributed by atoms with Crippen molar-refractivity contribution >= 4 is 17.5 Å². The first-order valence-corrected chi connectivity index (χ1v) is 7.28. The number of hydrogen-bond donors (Lipinski definition) is 0. The van der Waals surface area contributed by atoms with E-state index in [0.717, 1.165) is 31.4 Å². The maximum Gasteiger partial charge on any atom is 0.316 e. The highest BCUT2D eigenvalue weighted by Gasteiger charge is 2.31. The van der Waals surface area contributed by atoms with Gasteiger partial charge in [0.25, 0.3) is 0 Å². The minimum Gasteiger partial charge on any atom is -0.331 e. The Morgan fingerprint density at radius 3 is 2.60 bits per heavy atom. The lowest BCUT2D eigenvalue weighted by Gasteiger charge is -2.35. The Balaban J connectivity index is 2.10. The first kappa shape index (κ1) is 14.6. The number of nitrogens with zero attached hydrogens (tertiary/aromatic N) is 2. The van der Waals surface area contributed by atoms with E-state index in [0.29, 0.717) is 6.54 Å². The van der Waals surface area contributed by atoms with Crippen LogP contribution in [0.5, 0.6) is 0 Å². The zero-order chi connectivity index (χ0) is 14.5. The summed E-state index contributed by atoms with van der Waals surface area (Å²) in [5.74, 6) is -0.820. The molecule has 0 spiro atoms. The molecule has 20 heavy (non-hydrogen) atoms. The van der Waals surface area contributed by atoms with Gasteiger partial charge >= 0.3 is 11.8 Å². The SMILES string of the molecule is CCC1CCCCN1C(=O)C(=O)N(C)c1ccccc1. The molecule has 108 valence electrons. The summed E-state index contributed by atoms with van der Waals surface area (Å²) in [6, 6.07) is 9.49. The van der Waals surface area contributed by atoms with Gasteiger partial charge < -0.3 is 9.80 Å². The largest absolute Gasteiger partial charge is 0.331 e. The quantitative estimate of drug-likeness (QED) is 0.777. The van der Waals surface area contributed by atoms with Crippen molar-refractivity contribution in [1.82, 2.24) is 4.90 Å². The molecular formula is C16H22N2O2. The molecule has 1 aliphatic rings. The van der Waals surface area contributed by atoms with Crippen LogP contribution >= 0.6 is 0 Å². The van der Waals surface area contributed by atoms with E-state index in [1.807, 2.05) is 30.3 Å². The number of carbonyl (C=O) groups excluding carboxylic acids is 2. The number of para-hydroxylation sites is 1. The molecule has 1 aliphatic heterocycles. The summed E-state index contributed by atoms with van der Waals surface area (Å²) in [5.41, 5.74) is 0.746. The van der Waals surface area contributed by atoms with Crippen molar-refractivity contribution in [2.24, 2.45) is 0 Å².